The van der Waals surface area contributed by atoms with E-state index in [4.69, 9.17) is 0 Å². The quantitative estimate of drug-likeness (QED) is 0.834. The number of carbonyl (C=O) groups excluding carboxylic acids is 1. The molecule has 1 saturated carbocycles. The van der Waals surface area contributed by atoms with Crippen molar-refractivity contribution in [1.29, 1.82) is 0 Å². The first-order valence-electron chi connectivity index (χ1n) is 7.46. The first-order chi connectivity index (χ1) is 9.33. The van der Waals surface area contributed by atoms with Crippen LogP contribution in [0.5, 0.6) is 0 Å². The molecule has 5 heteroatoms. The molecular formula is C14H22N4O. The molecule has 0 unspecified atom stereocenters. The molecule has 2 aliphatic rings. The van der Waals surface area contributed by atoms with Crippen LogP contribution in [-0.4, -0.2) is 38.9 Å². The smallest absolute Gasteiger partial charge is 0.222 e. The van der Waals surface area contributed by atoms with Gasteiger partial charge in [-0.3, -0.25) is 4.79 Å². The van der Waals surface area contributed by atoms with Gasteiger partial charge < -0.3 is 4.90 Å². The fraction of sp³-hybridized carbons (Fsp3) is 0.786. The molecule has 1 aromatic heterocycles. The molecule has 0 radical (unpaired) electrons. The van der Waals surface area contributed by atoms with Crippen LogP contribution in [0.15, 0.2) is 12.4 Å². The lowest BCUT2D eigenvalue weighted by Gasteiger charge is -2.39. The second kappa shape index (κ2) is 5.72. The number of hydrogen-bond acceptors (Lipinski definition) is 3. The van der Waals surface area contributed by atoms with Gasteiger partial charge in [-0.1, -0.05) is 37.3 Å². The number of nitrogens with zero attached hydrogens (tertiary/aromatic N) is 4. The Bertz CT molecular complexity index is 405. The predicted molar refractivity (Wildman–Crippen MR) is 71.4 cm³/mol. The normalized spacial score (nSPS) is 21.4. The van der Waals surface area contributed by atoms with E-state index in [2.05, 4.69) is 10.3 Å². The van der Waals surface area contributed by atoms with Crippen LogP contribution in [-0.2, 0) is 4.79 Å². The molecule has 1 amide bonds. The minimum atomic E-state index is 0.321. The van der Waals surface area contributed by atoms with Crippen molar-refractivity contribution >= 4 is 5.91 Å². The van der Waals surface area contributed by atoms with Crippen molar-refractivity contribution in [2.45, 2.75) is 51.0 Å². The van der Waals surface area contributed by atoms with Crippen molar-refractivity contribution in [3.63, 3.8) is 0 Å². The van der Waals surface area contributed by atoms with Crippen molar-refractivity contribution < 1.29 is 4.79 Å². The maximum absolute atomic E-state index is 12.1. The Labute approximate surface area is 114 Å². The monoisotopic (exact) mass is 262 g/mol. The van der Waals surface area contributed by atoms with Crippen LogP contribution in [0.2, 0.25) is 0 Å². The minimum Gasteiger partial charge on any atom is -0.338 e. The molecule has 1 saturated heterocycles. The van der Waals surface area contributed by atoms with E-state index in [-0.39, 0.29) is 0 Å². The van der Waals surface area contributed by atoms with Gasteiger partial charge in [-0.15, -0.1) is 5.10 Å². The predicted octanol–water partition coefficient (Wildman–Crippen LogP) is 2.02. The van der Waals surface area contributed by atoms with Crippen LogP contribution in [0.4, 0.5) is 0 Å². The van der Waals surface area contributed by atoms with Crippen molar-refractivity contribution in [3.05, 3.63) is 12.4 Å². The van der Waals surface area contributed by atoms with Crippen LogP contribution in [0.3, 0.4) is 0 Å². The maximum Gasteiger partial charge on any atom is 0.222 e. The molecule has 0 N–H and O–H groups in total. The maximum atomic E-state index is 12.1. The molecular weight excluding hydrogens is 240 g/mol. The highest BCUT2D eigenvalue weighted by Gasteiger charge is 2.32. The minimum absolute atomic E-state index is 0.321. The molecule has 0 spiro atoms. The molecule has 2 heterocycles. The summed E-state index contributed by atoms with van der Waals surface area (Å²) in [5, 5.41) is 7.78. The summed E-state index contributed by atoms with van der Waals surface area (Å²) in [6, 6.07) is 0.334. The summed E-state index contributed by atoms with van der Waals surface area (Å²) in [5.41, 5.74) is 0. The summed E-state index contributed by atoms with van der Waals surface area (Å²) in [6.07, 6.45) is 12.1. The standard InChI is InChI=1S/C14H22N4O/c19-14(7-6-12-4-2-1-3-5-12)17-10-13(11-17)18-9-8-15-16-18/h8-9,12-13H,1-7,10-11H2. The van der Waals surface area contributed by atoms with E-state index in [0.717, 1.165) is 31.8 Å². The molecule has 0 bridgehead atoms. The van der Waals surface area contributed by atoms with Gasteiger partial charge in [0.2, 0.25) is 5.91 Å². The van der Waals surface area contributed by atoms with E-state index in [0.29, 0.717) is 11.9 Å². The summed E-state index contributed by atoms with van der Waals surface area (Å²) in [7, 11) is 0. The topological polar surface area (TPSA) is 51.0 Å². The van der Waals surface area contributed by atoms with Gasteiger partial charge in [0.25, 0.3) is 0 Å². The molecule has 2 fully saturated rings. The highest BCUT2D eigenvalue weighted by Crippen LogP contribution is 2.28. The van der Waals surface area contributed by atoms with E-state index in [1.807, 2.05) is 15.8 Å². The fourth-order valence-corrected chi connectivity index (χ4v) is 3.20. The van der Waals surface area contributed by atoms with Crippen molar-refractivity contribution in [3.8, 4) is 0 Å². The van der Waals surface area contributed by atoms with Gasteiger partial charge in [-0.2, -0.15) is 0 Å². The van der Waals surface area contributed by atoms with Crippen molar-refractivity contribution in [1.82, 2.24) is 19.9 Å². The molecule has 0 atom stereocenters. The van der Waals surface area contributed by atoms with E-state index < -0.39 is 0 Å². The van der Waals surface area contributed by atoms with Crippen LogP contribution in [0, 0.1) is 5.92 Å². The zero-order valence-electron chi connectivity index (χ0n) is 11.4. The highest BCUT2D eigenvalue weighted by atomic mass is 16.2. The van der Waals surface area contributed by atoms with Gasteiger partial charge in [0.05, 0.1) is 12.2 Å². The summed E-state index contributed by atoms with van der Waals surface area (Å²) in [5.74, 6) is 1.12. The van der Waals surface area contributed by atoms with Crippen LogP contribution in [0.1, 0.15) is 51.0 Å². The number of aromatic nitrogens is 3. The molecule has 3 rings (SSSR count). The number of carbonyl (C=O) groups is 1. The van der Waals surface area contributed by atoms with Crippen molar-refractivity contribution in [2.75, 3.05) is 13.1 Å². The molecule has 1 aliphatic carbocycles. The van der Waals surface area contributed by atoms with Gasteiger partial charge in [0.15, 0.2) is 0 Å². The summed E-state index contributed by atoms with van der Waals surface area (Å²) < 4.78 is 1.85. The van der Waals surface area contributed by atoms with Crippen LogP contribution < -0.4 is 0 Å². The average Bonchev–Trinajstić information content (AvgIpc) is 2.90. The lowest BCUT2D eigenvalue weighted by Crippen LogP contribution is -2.50. The Kier molecular flexibility index (Phi) is 3.80. The van der Waals surface area contributed by atoms with E-state index in [9.17, 15) is 4.79 Å². The third kappa shape index (κ3) is 2.96. The Balaban J connectivity index is 1.38. The fourth-order valence-electron chi connectivity index (χ4n) is 3.20. The third-order valence-electron chi connectivity index (χ3n) is 4.52. The number of hydrogen-bond donors (Lipinski definition) is 0. The number of amides is 1. The van der Waals surface area contributed by atoms with Gasteiger partial charge in [-0.25, -0.2) is 4.68 Å². The van der Waals surface area contributed by atoms with Gasteiger partial charge in [0.1, 0.15) is 0 Å². The Morgan fingerprint density at radius 3 is 2.68 bits per heavy atom. The zero-order chi connectivity index (χ0) is 13.1. The zero-order valence-corrected chi connectivity index (χ0v) is 11.4. The van der Waals surface area contributed by atoms with Crippen molar-refractivity contribution in [2.24, 2.45) is 5.92 Å². The summed E-state index contributed by atoms with van der Waals surface area (Å²) >= 11 is 0. The number of rotatable bonds is 4. The van der Waals surface area contributed by atoms with Crippen LogP contribution in [0.25, 0.3) is 0 Å². The lowest BCUT2D eigenvalue weighted by atomic mass is 9.86. The van der Waals surface area contributed by atoms with E-state index in [1.165, 1.54) is 32.1 Å². The summed E-state index contributed by atoms with van der Waals surface area (Å²) in [4.78, 5) is 14.0. The SMILES string of the molecule is O=C(CCC1CCCCC1)N1CC(n2ccnn2)C1. The third-order valence-corrected chi connectivity index (χ3v) is 4.52. The molecule has 104 valence electrons. The second-order valence-corrected chi connectivity index (χ2v) is 5.88. The van der Waals surface area contributed by atoms with Crippen LogP contribution >= 0.6 is 0 Å². The van der Waals surface area contributed by atoms with E-state index >= 15 is 0 Å². The average molecular weight is 262 g/mol. The number of likely N-dealkylation sites (tertiary alicyclic amines) is 1. The molecule has 19 heavy (non-hydrogen) atoms. The molecule has 1 aliphatic heterocycles. The van der Waals surface area contributed by atoms with Gasteiger partial charge >= 0.3 is 0 Å². The Morgan fingerprint density at radius 2 is 2.00 bits per heavy atom. The molecule has 0 aromatic carbocycles. The second-order valence-electron chi connectivity index (χ2n) is 5.88. The first-order valence-corrected chi connectivity index (χ1v) is 7.46. The summed E-state index contributed by atoms with van der Waals surface area (Å²) in [6.45, 7) is 1.60. The molecule has 1 aromatic rings. The van der Waals surface area contributed by atoms with E-state index in [1.54, 1.807) is 6.20 Å². The highest BCUT2D eigenvalue weighted by molar-refractivity contribution is 5.77. The van der Waals surface area contributed by atoms with Gasteiger partial charge in [-0.05, 0) is 12.3 Å². The van der Waals surface area contributed by atoms with Gasteiger partial charge in [0, 0.05) is 25.7 Å². The largest absolute Gasteiger partial charge is 0.338 e. The Hall–Kier alpha value is -1.39. The molecule has 5 nitrogen and oxygen atoms in total. The first kappa shape index (κ1) is 12.6. The lowest BCUT2D eigenvalue weighted by molar-refractivity contribution is -0.137. The Morgan fingerprint density at radius 1 is 1.21 bits per heavy atom.